The minimum Gasteiger partial charge on any atom is -0.493 e. The maximum atomic E-state index is 13.0. The maximum absolute atomic E-state index is 13.0. The molecule has 0 aliphatic carbocycles. The number of carbonyl (C=O) groups excluding carboxylic acids is 2. The van der Waals surface area contributed by atoms with E-state index < -0.39 is 0 Å². The second-order valence-corrected chi connectivity index (χ2v) is 8.44. The zero-order valence-corrected chi connectivity index (χ0v) is 18.9. The number of methoxy groups -OCH3 is 1. The lowest BCUT2D eigenvalue weighted by Gasteiger charge is -2.37. The Morgan fingerprint density at radius 1 is 1.07 bits per heavy atom. The molecule has 0 spiro atoms. The van der Waals surface area contributed by atoms with Gasteiger partial charge in [0, 0.05) is 50.7 Å². The molecule has 2 fully saturated rings. The van der Waals surface area contributed by atoms with Gasteiger partial charge in [-0.05, 0) is 38.4 Å². The first-order valence-electron chi connectivity index (χ1n) is 10.7. The van der Waals surface area contributed by atoms with E-state index in [0.29, 0.717) is 54.6 Å². The summed E-state index contributed by atoms with van der Waals surface area (Å²) in [5.41, 5.74) is 0.476. The third kappa shape index (κ3) is 5.19. The molecular weight excluding hydrogens is 406 g/mol. The van der Waals surface area contributed by atoms with Crippen LogP contribution < -0.4 is 9.47 Å². The average Bonchev–Trinajstić information content (AvgIpc) is 2.77. The summed E-state index contributed by atoms with van der Waals surface area (Å²) in [7, 11) is 3.61. The third-order valence-corrected chi connectivity index (χ3v) is 6.15. The predicted octanol–water partition coefficient (Wildman–Crippen LogP) is 2.76. The van der Waals surface area contributed by atoms with Crippen LogP contribution in [-0.4, -0.2) is 86.5 Å². The number of hydrogen-bond donors (Lipinski definition) is 0. The number of nitrogens with zero attached hydrogens (tertiary/aromatic N) is 3. The molecule has 0 atom stereocenters. The summed E-state index contributed by atoms with van der Waals surface area (Å²) in [6.07, 6.45) is 2.24. The molecule has 2 aliphatic heterocycles. The second kappa shape index (κ2) is 10.4. The molecule has 0 unspecified atom stereocenters. The summed E-state index contributed by atoms with van der Waals surface area (Å²) < 4.78 is 11.1. The van der Waals surface area contributed by atoms with E-state index in [0.717, 1.165) is 32.6 Å². The lowest BCUT2D eigenvalue weighted by atomic mass is 9.94. The summed E-state index contributed by atoms with van der Waals surface area (Å²) in [4.78, 5) is 31.9. The largest absolute Gasteiger partial charge is 0.493 e. The molecule has 1 aromatic carbocycles. The van der Waals surface area contributed by atoms with Crippen LogP contribution in [0.3, 0.4) is 0 Å². The quantitative estimate of drug-likeness (QED) is 0.684. The maximum Gasteiger partial charge on any atom is 0.254 e. The molecule has 0 aromatic heterocycles. The van der Waals surface area contributed by atoms with E-state index in [2.05, 4.69) is 11.9 Å². The Hall–Kier alpha value is -1.99. The van der Waals surface area contributed by atoms with Gasteiger partial charge >= 0.3 is 0 Å². The topological polar surface area (TPSA) is 62.3 Å². The number of halogens is 1. The van der Waals surface area contributed by atoms with Gasteiger partial charge in [-0.1, -0.05) is 18.5 Å². The van der Waals surface area contributed by atoms with Crippen LogP contribution >= 0.6 is 11.6 Å². The van der Waals surface area contributed by atoms with E-state index in [1.807, 2.05) is 11.8 Å². The van der Waals surface area contributed by atoms with Gasteiger partial charge in [-0.2, -0.15) is 0 Å². The van der Waals surface area contributed by atoms with Crippen molar-refractivity contribution in [2.24, 2.45) is 5.92 Å². The van der Waals surface area contributed by atoms with Crippen LogP contribution in [0.1, 0.15) is 36.5 Å². The van der Waals surface area contributed by atoms with Crippen molar-refractivity contribution in [3.05, 3.63) is 22.7 Å². The summed E-state index contributed by atoms with van der Waals surface area (Å²) in [5, 5.41) is 0.367. The third-order valence-electron chi connectivity index (χ3n) is 5.87. The van der Waals surface area contributed by atoms with E-state index in [1.165, 1.54) is 7.11 Å². The standard InChI is InChI=1S/C22H32ClN3O4/c1-4-13-30-20-18(23)14-17(15-19(20)29-3)22(28)25-7-5-16(6-8-25)21(27)26-11-9-24(2)10-12-26/h14-16H,4-13H2,1-3H3. The highest BCUT2D eigenvalue weighted by Crippen LogP contribution is 2.37. The first kappa shape index (κ1) is 22.7. The number of amides is 2. The van der Waals surface area contributed by atoms with Crippen molar-refractivity contribution in [3.8, 4) is 11.5 Å². The van der Waals surface area contributed by atoms with Crippen LogP contribution in [0.2, 0.25) is 5.02 Å². The fraction of sp³-hybridized carbons (Fsp3) is 0.636. The number of ether oxygens (including phenoxy) is 2. The Balaban J connectivity index is 1.61. The normalized spacial score (nSPS) is 18.4. The van der Waals surface area contributed by atoms with Crippen LogP contribution in [0.15, 0.2) is 12.1 Å². The number of piperidine rings is 1. The van der Waals surface area contributed by atoms with Crippen molar-refractivity contribution in [1.82, 2.24) is 14.7 Å². The van der Waals surface area contributed by atoms with E-state index in [1.54, 1.807) is 17.0 Å². The summed E-state index contributed by atoms with van der Waals surface area (Å²) in [6, 6.07) is 3.32. The molecule has 0 bridgehead atoms. The number of hydrogen-bond acceptors (Lipinski definition) is 5. The molecule has 8 heteroatoms. The molecular formula is C22H32ClN3O4. The van der Waals surface area contributed by atoms with E-state index in [4.69, 9.17) is 21.1 Å². The number of benzene rings is 1. The zero-order valence-electron chi connectivity index (χ0n) is 18.2. The van der Waals surface area contributed by atoms with E-state index in [-0.39, 0.29) is 17.7 Å². The monoisotopic (exact) mass is 437 g/mol. The fourth-order valence-corrected chi connectivity index (χ4v) is 4.25. The van der Waals surface area contributed by atoms with Crippen molar-refractivity contribution in [2.75, 3.05) is 60.0 Å². The molecule has 30 heavy (non-hydrogen) atoms. The highest BCUT2D eigenvalue weighted by atomic mass is 35.5. The minimum atomic E-state index is -0.0947. The molecule has 0 saturated carbocycles. The smallest absolute Gasteiger partial charge is 0.254 e. The van der Waals surface area contributed by atoms with Gasteiger partial charge < -0.3 is 24.2 Å². The molecule has 3 rings (SSSR count). The van der Waals surface area contributed by atoms with Gasteiger partial charge in [-0.3, -0.25) is 9.59 Å². The molecule has 1 aromatic rings. The van der Waals surface area contributed by atoms with Crippen molar-refractivity contribution in [3.63, 3.8) is 0 Å². The molecule has 2 heterocycles. The second-order valence-electron chi connectivity index (χ2n) is 8.03. The van der Waals surface area contributed by atoms with Crippen LogP contribution in [-0.2, 0) is 4.79 Å². The van der Waals surface area contributed by atoms with Crippen molar-refractivity contribution >= 4 is 23.4 Å². The van der Waals surface area contributed by atoms with Crippen LogP contribution in [0.5, 0.6) is 11.5 Å². The lowest BCUT2D eigenvalue weighted by molar-refractivity contribution is -0.138. The van der Waals surface area contributed by atoms with Gasteiger partial charge in [-0.15, -0.1) is 0 Å². The first-order valence-corrected chi connectivity index (χ1v) is 11.1. The van der Waals surface area contributed by atoms with Crippen LogP contribution in [0, 0.1) is 5.92 Å². The highest BCUT2D eigenvalue weighted by Gasteiger charge is 2.32. The van der Waals surface area contributed by atoms with Crippen LogP contribution in [0.4, 0.5) is 0 Å². The Bertz CT molecular complexity index is 757. The summed E-state index contributed by atoms with van der Waals surface area (Å²) in [6.45, 7) is 7.09. The van der Waals surface area contributed by atoms with Gasteiger partial charge in [0.2, 0.25) is 5.91 Å². The average molecular weight is 438 g/mol. The molecule has 2 saturated heterocycles. The van der Waals surface area contributed by atoms with Gasteiger partial charge in [-0.25, -0.2) is 0 Å². The van der Waals surface area contributed by atoms with Gasteiger partial charge in [0.05, 0.1) is 18.7 Å². The number of rotatable bonds is 6. The molecule has 0 N–H and O–H groups in total. The predicted molar refractivity (Wildman–Crippen MR) is 116 cm³/mol. The van der Waals surface area contributed by atoms with E-state index in [9.17, 15) is 9.59 Å². The molecule has 2 aliphatic rings. The Kier molecular flexibility index (Phi) is 7.83. The Morgan fingerprint density at radius 3 is 2.33 bits per heavy atom. The van der Waals surface area contributed by atoms with Crippen LogP contribution in [0.25, 0.3) is 0 Å². The summed E-state index contributed by atoms with van der Waals surface area (Å²) >= 11 is 6.36. The summed E-state index contributed by atoms with van der Waals surface area (Å²) in [5.74, 6) is 1.06. The number of likely N-dealkylation sites (tertiary alicyclic amines) is 1. The van der Waals surface area contributed by atoms with Gasteiger partial charge in [0.25, 0.3) is 5.91 Å². The first-order chi connectivity index (χ1) is 14.4. The van der Waals surface area contributed by atoms with Crippen molar-refractivity contribution < 1.29 is 19.1 Å². The van der Waals surface area contributed by atoms with Crippen molar-refractivity contribution in [2.45, 2.75) is 26.2 Å². The zero-order chi connectivity index (χ0) is 21.7. The highest BCUT2D eigenvalue weighted by molar-refractivity contribution is 6.32. The van der Waals surface area contributed by atoms with Gasteiger partial charge in [0.15, 0.2) is 11.5 Å². The molecule has 166 valence electrons. The number of likely N-dealkylation sites (N-methyl/N-ethyl adjacent to an activating group) is 1. The number of carbonyl (C=O) groups is 2. The SMILES string of the molecule is CCCOc1c(Cl)cc(C(=O)N2CCC(C(=O)N3CCN(C)CC3)CC2)cc1OC. The molecule has 0 radical (unpaired) electrons. The van der Waals surface area contributed by atoms with Gasteiger partial charge in [0.1, 0.15) is 0 Å². The number of piperazine rings is 1. The van der Waals surface area contributed by atoms with Crippen molar-refractivity contribution in [1.29, 1.82) is 0 Å². The molecule has 2 amide bonds. The molecule has 7 nitrogen and oxygen atoms in total. The fourth-order valence-electron chi connectivity index (χ4n) is 3.98. The van der Waals surface area contributed by atoms with E-state index >= 15 is 0 Å². The Morgan fingerprint density at radius 2 is 1.73 bits per heavy atom. The Labute approximate surface area is 183 Å². The lowest BCUT2D eigenvalue weighted by Crippen LogP contribution is -2.51. The minimum absolute atomic E-state index is 0.000370.